The van der Waals surface area contributed by atoms with Gasteiger partial charge in [0, 0.05) is 38.2 Å². The average Bonchev–Trinajstić information content (AvgIpc) is 3.11. The number of ether oxygens (including phenoxy) is 2. The minimum absolute atomic E-state index is 0.0755. The lowest BCUT2D eigenvalue weighted by molar-refractivity contribution is -0.135. The van der Waals surface area contributed by atoms with Gasteiger partial charge in [0.2, 0.25) is 0 Å². The fourth-order valence-electron chi connectivity index (χ4n) is 3.52. The number of benzene rings is 2. The topological polar surface area (TPSA) is 64.8 Å². The molecule has 0 atom stereocenters. The SMILES string of the molecule is Cn1c(COc2ccc(Cl)cc2)nn(CN2CCN(C(=O)COc3ccc(F)cc3)CC2)c1=S. The Kier molecular flexibility index (Phi) is 7.81. The van der Waals surface area contributed by atoms with Crippen LogP contribution >= 0.6 is 23.8 Å². The van der Waals surface area contributed by atoms with E-state index in [9.17, 15) is 9.18 Å². The highest BCUT2D eigenvalue weighted by molar-refractivity contribution is 7.71. The molecule has 3 aromatic rings. The zero-order valence-corrected chi connectivity index (χ0v) is 20.3. The summed E-state index contributed by atoms with van der Waals surface area (Å²) in [5.41, 5.74) is 0. The average molecular weight is 506 g/mol. The number of hydrogen-bond acceptors (Lipinski definition) is 6. The van der Waals surface area contributed by atoms with Gasteiger partial charge in [-0.15, -0.1) is 0 Å². The molecular formula is C23H25ClFN5O3S. The number of rotatable bonds is 8. The molecule has 2 aromatic carbocycles. The molecule has 1 saturated heterocycles. The van der Waals surface area contributed by atoms with Crippen molar-refractivity contribution < 1.29 is 18.7 Å². The smallest absolute Gasteiger partial charge is 0.260 e. The van der Waals surface area contributed by atoms with E-state index in [4.69, 9.17) is 33.3 Å². The zero-order chi connectivity index (χ0) is 24.1. The van der Waals surface area contributed by atoms with Crippen molar-refractivity contribution in [2.75, 3.05) is 32.8 Å². The Morgan fingerprint density at radius 3 is 2.32 bits per heavy atom. The quantitative estimate of drug-likeness (QED) is 0.437. The van der Waals surface area contributed by atoms with Crippen LogP contribution in [-0.4, -0.2) is 62.8 Å². The van der Waals surface area contributed by atoms with Gasteiger partial charge in [0.15, 0.2) is 17.2 Å². The first-order valence-corrected chi connectivity index (χ1v) is 11.6. The molecule has 0 unspecified atom stereocenters. The molecule has 34 heavy (non-hydrogen) atoms. The lowest BCUT2D eigenvalue weighted by Gasteiger charge is -2.34. The molecule has 11 heteroatoms. The Hall–Kier alpha value is -2.95. The van der Waals surface area contributed by atoms with E-state index in [0.717, 1.165) is 0 Å². The molecule has 1 aliphatic heterocycles. The number of hydrogen-bond donors (Lipinski definition) is 0. The van der Waals surface area contributed by atoms with Gasteiger partial charge in [-0.2, -0.15) is 5.10 Å². The monoisotopic (exact) mass is 505 g/mol. The normalized spacial score (nSPS) is 14.3. The summed E-state index contributed by atoms with van der Waals surface area (Å²) in [6, 6.07) is 12.8. The lowest BCUT2D eigenvalue weighted by Crippen LogP contribution is -2.50. The largest absolute Gasteiger partial charge is 0.486 e. The highest BCUT2D eigenvalue weighted by Gasteiger charge is 2.22. The number of carbonyl (C=O) groups is 1. The number of aromatic nitrogens is 3. The summed E-state index contributed by atoms with van der Waals surface area (Å²) in [7, 11) is 1.87. The number of halogens is 2. The standard InChI is InChI=1S/C23H25ClFN5O3S/c1-27-21(14-32-19-6-2-17(24)3-7-19)26-30(23(27)34)16-28-10-12-29(13-11-28)22(31)15-33-20-8-4-18(25)5-9-20/h2-9H,10-16H2,1H3. The third kappa shape index (κ3) is 6.13. The third-order valence-corrected chi connectivity index (χ3v) is 6.28. The van der Waals surface area contributed by atoms with Crippen LogP contribution in [0.4, 0.5) is 4.39 Å². The first-order valence-electron chi connectivity index (χ1n) is 10.8. The van der Waals surface area contributed by atoms with Crippen LogP contribution in [0.15, 0.2) is 48.5 Å². The van der Waals surface area contributed by atoms with Gasteiger partial charge >= 0.3 is 0 Å². The summed E-state index contributed by atoms with van der Waals surface area (Å²) >= 11 is 11.5. The van der Waals surface area contributed by atoms with Crippen LogP contribution in [-0.2, 0) is 25.1 Å². The number of nitrogens with zero attached hydrogens (tertiary/aromatic N) is 5. The molecule has 0 bridgehead atoms. The van der Waals surface area contributed by atoms with Crippen LogP contribution in [0.2, 0.25) is 5.02 Å². The second-order valence-corrected chi connectivity index (χ2v) is 8.68. The van der Waals surface area contributed by atoms with E-state index < -0.39 is 0 Å². The predicted molar refractivity (Wildman–Crippen MR) is 128 cm³/mol. The van der Waals surface area contributed by atoms with E-state index >= 15 is 0 Å². The van der Waals surface area contributed by atoms with Crippen molar-refractivity contribution in [2.45, 2.75) is 13.3 Å². The molecule has 8 nitrogen and oxygen atoms in total. The molecule has 2 heterocycles. The summed E-state index contributed by atoms with van der Waals surface area (Å²) in [5.74, 6) is 1.44. The number of carbonyl (C=O) groups excluding carboxylic acids is 1. The molecule has 0 N–H and O–H groups in total. The van der Waals surface area contributed by atoms with Crippen LogP contribution in [0.5, 0.6) is 11.5 Å². The van der Waals surface area contributed by atoms with Crippen LogP contribution in [0.25, 0.3) is 0 Å². The molecule has 1 aliphatic rings. The zero-order valence-electron chi connectivity index (χ0n) is 18.7. The summed E-state index contributed by atoms with van der Waals surface area (Å²) < 4.78 is 28.4. The Labute approximate surface area is 207 Å². The minimum Gasteiger partial charge on any atom is -0.486 e. The molecule has 0 radical (unpaired) electrons. The molecule has 0 aliphatic carbocycles. The maximum absolute atomic E-state index is 13.0. The summed E-state index contributed by atoms with van der Waals surface area (Å²) in [4.78, 5) is 16.4. The van der Waals surface area contributed by atoms with Gasteiger partial charge in [-0.1, -0.05) is 11.6 Å². The summed E-state index contributed by atoms with van der Waals surface area (Å²) in [5, 5.41) is 5.27. The maximum atomic E-state index is 13.0. The van der Waals surface area contributed by atoms with Crippen LogP contribution in [0, 0.1) is 10.6 Å². The van der Waals surface area contributed by atoms with Gasteiger partial charge in [0.1, 0.15) is 23.9 Å². The lowest BCUT2D eigenvalue weighted by atomic mass is 10.3. The predicted octanol–water partition coefficient (Wildman–Crippen LogP) is 3.50. The van der Waals surface area contributed by atoms with E-state index in [1.54, 1.807) is 33.8 Å². The minimum atomic E-state index is -0.344. The van der Waals surface area contributed by atoms with Gasteiger partial charge in [-0.3, -0.25) is 9.69 Å². The number of amides is 1. The maximum Gasteiger partial charge on any atom is 0.260 e. The second-order valence-electron chi connectivity index (χ2n) is 7.88. The van der Waals surface area contributed by atoms with Crippen LogP contribution in [0.3, 0.4) is 0 Å². The van der Waals surface area contributed by atoms with E-state index in [0.29, 0.717) is 60.0 Å². The van der Waals surface area contributed by atoms with Crippen molar-refractivity contribution in [1.29, 1.82) is 0 Å². The van der Waals surface area contributed by atoms with E-state index in [1.165, 1.54) is 24.3 Å². The first kappa shape index (κ1) is 24.2. The van der Waals surface area contributed by atoms with Crippen molar-refractivity contribution >= 4 is 29.7 Å². The van der Waals surface area contributed by atoms with Gasteiger partial charge < -0.3 is 18.9 Å². The first-order chi connectivity index (χ1) is 16.4. The summed E-state index contributed by atoms with van der Waals surface area (Å²) in [6.45, 7) is 3.28. The molecule has 1 amide bonds. The van der Waals surface area contributed by atoms with Crippen molar-refractivity contribution in [2.24, 2.45) is 7.05 Å². The Balaban J connectivity index is 1.26. The fraction of sp³-hybridized carbons (Fsp3) is 0.348. The molecular weight excluding hydrogens is 481 g/mol. The van der Waals surface area contributed by atoms with E-state index in [1.807, 2.05) is 11.6 Å². The van der Waals surface area contributed by atoms with E-state index in [2.05, 4.69) is 10.00 Å². The third-order valence-electron chi connectivity index (χ3n) is 5.55. The molecule has 1 aromatic heterocycles. The highest BCUT2D eigenvalue weighted by Crippen LogP contribution is 2.17. The highest BCUT2D eigenvalue weighted by atomic mass is 35.5. The molecule has 0 spiro atoms. The van der Waals surface area contributed by atoms with Gasteiger partial charge in [0.25, 0.3) is 5.91 Å². The van der Waals surface area contributed by atoms with Crippen LogP contribution in [0.1, 0.15) is 5.82 Å². The van der Waals surface area contributed by atoms with E-state index in [-0.39, 0.29) is 24.9 Å². The molecule has 1 fully saturated rings. The van der Waals surface area contributed by atoms with Crippen LogP contribution < -0.4 is 9.47 Å². The summed E-state index contributed by atoms with van der Waals surface area (Å²) in [6.07, 6.45) is 0. The van der Waals surface area contributed by atoms with Crippen molar-refractivity contribution in [3.8, 4) is 11.5 Å². The van der Waals surface area contributed by atoms with Gasteiger partial charge in [-0.05, 0) is 60.7 Å². The van der Waals surface area contributed by atoms with Crippen molar-refractivity contribution in [1.82, 2.24) is 24.1 Å². The van der Waals surface area contributed by atoms with Gasteiger partial charge in [0.05, 0.1) is 6.67 Å². The van der Waals surface area contributed by atoms with Crippen molar-refractivity contribution in [3.05, 3.63) is 70.0 Å². The fourth-order valence-corrected chi connectivity index (χ4v) is 3.85. The Morgan fingerprint density at radius 2 is 1.65 bits per heavy atom. The van der Waals surface area contributed by atoms with Crippen molar-refractivity contribution in [3.63, 3.8) is 0 Å². The second kappa shape index (κ2) is 11.0. The molecule has 0 saturated carbocycles. The van der Waals surface area contributed by atoms with Gasteiger partial charge in [-0.25, -0.2) is 9.07 Å². The Bertz CT molecular complexity index is 1170. The Morgan fingerprint density at radius 1 is 1.03 bits per heavy atom. The number of piperazine rings is 1. The molecule has 4 rings (SSSR count). The molecule has 180 valence electrons.